The average molecular weight is 338 g/mol. The number of amides is 1. The Bertz CT molecular complexity index is 459. The summed E-state index contributed by atoms with van der Waals surface area (Å²) in [4.78, 5) is 14.2. The minimum Gasteiger partial charge on any atom is -0.389 e. The molecule has 0 saturated carbocycles. The van der Waals surface area contributed by atoms with E-state index in [-0.39, 0.29) is 24.8 Å². The molecule has 0 radical (unpaired) electrons. The standard InChI is InChI=1S/C13H17Cl2NO3S/c1-16(6-10(17)7-19-2)13(18)8-20-12-5-9(14)3-4-11(12)15/h3-5,10,17H,6-8H2,1-2H3. The van der Waals surface area contributed by atoms with E-state index < -0.39 is 6.10 Å². The van der Waals surface area contributed by atoms with Crippen LogP contribution in [0.3, 0.4) is 0 Å². The van der Waals surface area contributed by atoms with E-state index >= 15 is 0 Å². The minimum atomic E-state index is -0.686. The Kier molecular flexibility index (Phi) is 7.69. The molecule has 1 aromatic rings. The quantitative estimate of drug-likeness (QED) is 0.777. The number of carbonyl (C=O) groups is 1. The number of likely N-dealkylation sites (N-methyl/N-ethyl adjacent to an activating group) is 1. The van der Waals surface area contributed by atoms with Gasteiger partial charge < -0.3 is 14.7 Å². The Morgan fingerprint density at radius 2 is 2.20 bits per heavy atom. The molecule has 0 fully saturated rings. The smallest absolute Gasteiger partial charge is 0.232 e. The number of ether oxygens (including phenoxy) is 1. The number of aliphatic hydroxyl groups excluding tert-OH is 1. The zero-order valence-electron chi connectivity index (χ0n) is 11.3. The summed E-state index contributed by atoms with van der Waals surface area (Å²) in [7, 11) is 3.14. The summed E-state index contributed by atoms with van der Waals surface area (Å²) in [6.45, 7) is 0.432. The number of benzene rings is 1. The lowest BCUT2D eigenvalue weighted by molar-refractivity contribution is -0.128. The van der Waals surface area contributed by atoms with Gasteiger partial charge in [0.1, 0.15) is 0 Å². The maximum atomic E-state index is 11.9. The second-order valence-electron chi connectivity index (χ2n) is 4.25. The molecule has 0 aromatic heterocycles. The fourth-order valence-electron chi connectivity index (χ4n) is 1.50. The van der Waals surface area contributed by atoms with Crippen LogP contribution in [0.1, 0.15) is 0 Å². The van der Waals surface area contributed by atoms with E-state index in [4.69, 9.17) is 27.9 Å². The van der Waals surface area contributed by atoms with Gasteiger partial charge in [0.2, 0.25) is 5.91 Å². The number of rotatable bonds is 7. The second kappa shape index (κ2) is 8.74. The number of nitrogens with zero attached hydrogens (tertiary/aromatic N) is 1. The monoisotopic (exact) mass is 337 g/mol. The molecule has 1 N–H and O–H groups in total. The number of thioether (sulfide) groups is 1. The van der Waals surface area contributed by atoms with Crippen molar-refractivity contribution in [3.63, 3.8) is 0 Å². The lowest BCUT2D eigenvalue weighted by Gasteiger charge is -2.20. The second-order valence-corrected chi connectivity index (χ2v) is 6.11. The van der Waals surface area contributed by atoms with Crippen molar-refractivity contribution in [2.24, 2.45) is 0 Å². The first-order chi connectivity index (χ1) is 9.43. The van der Waals surface area contributed by atoms with Crippen LogP contribution in [0.5, 0.6) is 0 Å². The van der Waals surface area contributed by atoms with Gasteiger partial charge in [0, 0.05) is 30.6 Å². The highest BCUT2D eigenvalue weighted by Gasteiger charge is 2.14. The number of aliphatic hydroxyl groups is 1. The van der Waals surface area contributed by atoms with Gasteiger partial charge in [0.25, 0.3) is 0 Å². The van der Waals surface area contributed by atoms with Crippen molar-refractivity contribution in [1.82, 2.24) is 4.90 Å². The summed E-state index contributed by atoms with van der Waals surface area (Å²) in [6.07, 6.45) is -0.686. The van der Waals surface area contributed by atoms with Crippen molar-refractivity contribution < 1.29 is 14.6 Å². The van der Waals surface area contributed by atoms with Gasteiger partial charge in [0.05, 0.1) is 23.5 Å². The first-order valence-corrected chi connectivity index (χ1v) is 7.67. The Hall–Kier alpha value is -0.460. The Balaban J connectivity index is 2.48. The Morgan fingerprint density at radius 1 is 1.50 bits per heavy atom. The van der Waals surface area contributed by atoms with E-state index in [0.717, 1.165) is 4.90 Å². The summed E-state index contributed by atoms with van der Waals surface area (Å²) < 4.78 is 4.82. The summed E-state index contributed by atoms with van der Waals surface area (Å²) in [5, 5.41) is 10.7. The van der Waals surface area contributed by atoms with Crippen molar-refractivity contribution >= 4 is 40.9 Å². The number of hydrogen-bond donors (Lipinski definition) is 1. The van der Waals surface area contributed by atoms with Crippen LogP contribution < -0.4 is 0 Å². The van der Waals surface area contributed by atoms with Crippen LogP contribution in [0, 0.1) is 0 Å². The molecular formula is C13H17Cl2NO3S. The molecule has 20 heavy (non-hydrogen) atoms. The minimum absolute atomic E-state index is 0.0961. The predicted molar refractivity (Wildman–Crippen MR) is 82.7 cm³/mol. The van der Waals surface area contributed by atoms with Gasteiger partial charge in [0.15, 0.2) is 0 Å². The molecule has 1 rings (SSSR count). The number of methoxy groups -OCH3 is 1. The van der Waals surface area contributed by atoms with Gasteiger partial charge in [-0.3, -0.25) is 4.79 Å². The maximum absolute atomic E-state index is 11.9. The van der Waals surface area contributed by atoms with Crippen LogP contribution in [-0.4, -0.2) is 55.1 Å². The fourth-order valence-corrected chi connectivity index (χ4v) is 2.93. The average Bonchev–Trinajstić information content (AvgIpc) is 2.39. The maximum Gasteiger partial charge on any atom is 0.232 e. The zero-order valence-corrected chi connectivity index (χ0v) is 13.6. The Labute approximate surface area is 133 Å². The molecule has 0 heterocycles. The highest BCUT2D eigenvalue weighted by Crippen LogP contribution is 2.29. The first-order valence-electron chi connectivity index (χ1n) is 5.93. The molecule has 7 heteroatoms. The molecule has 4 nitrogen and oxygen atoms in total. The van der Waals surface area contributed by atoms with E-state index in [0.29, 0.717) is 10.0 Å². The van der Waals surface area contributed by atoms with Gasteiger partial charge in [-0.15, -0.1) is 11.8 Å². The molecular weight excluding hydrogens is 321 g/mol. The summed E-state index contributed by atoms with van der Waals surface area (Å²) in [5.74, 6) is 0.136. The topological polar surface area (TPSA) is 49.8 Å². The van der Waals surface area contributed by atoms with Crippen LogP contribution in [0.15, 0.2) is 23.1 Å². The van der Waals surface area contributed by atoms with Crippen molar-refractivity contribution in [2.75, 3.05) is 33.1 Å². The number of hydrogen-bond acceptors (Lipinski definition) is 4. The zero-order chi connectivity index (χ0) is 15.1. The SMILES string of the molecule is COCC(O)CN(C)C(=O)CSc1cc(Cl)ccc1Cl. The van der Waals surface area contributed by atoms with E-state index in [2.05, 4.69) is 0 Å². The van der Waals surface area contributed by atoms with Gasteiger partial charge >= 0.3 is 0 Å². The third-order valence-electron chi connectivity index (χ3n) is 2.51. The first kappa shape index (κ1) is 17.6. The molecule has 0 saturated heterocycles. The molecule has 0 bridgehead atoms. The van der Waals surface area contributed by atoms with Crippen LogP contribution in [0.4, 0.5) is 0 Å². The van der Waals surface area contributed by atoms with E-state index in [9.17, 15) is 9.90 Å². The number of halogens is 2. The van der Waals surface area contributed by atoms with Crippen LogP contribution in [-0.2, 0) is 9.53 Å². The lowest BCUT2D eigenvalue weighted by Crippen LogP contribution is -2.37. The predicted octanol–water partition coefficient (Wildman–Crippen LogP) is 2.55. The highest BCUT2D eigenvalue weighted by atomic mass is 35.5. The van der Waals surface area contributed by atoms with Gasteiger partial charge in [-0.1, -0.05) is 23.2 Å². The summed E-state index contributed by atoms with van der Waals surface area (Å²) in [5.41, 5.74) is 0. The van der Waals surface area contributed by atoms with E-state index in [1.807, 2.05) is 0 Å². The molecule has 1 unspecified atom stereocenters. The fraction of sp³-hybridized carbons (Fsp3) is 0.462. The van der Waals surface area contributed by atoms with Crippen molar-refractivity contribution in [3.8, 4) is 0 Å². The summed E-state index contributed by atoms with van der Waals surface area (Å²) >= 11 is 13.2. The number of carbonyl (C=O) groups excluding carboxylic acids is 1. The molecule has 0 aliphatic rings. The molecule has 1 aromatic carbocycles. The van der Waals surface area contributed by atoms with Gasteiger partial charge in [-0.05, 0) is 18.2 Å². The van der Waals surface area contributed by atoms with Crippen molar-refractivity contribution in [1.29, 1.82) is 0 Å². The van der Waals surface area contributed by atoms with E-state index in [1.54, 1.807) is 25.2 Å². The molecule has 0 aliphatic carbocycles. The van der Waals surface area contributed by atoms with Crippen molar-refractivity contribution in [2.45, 2.75) is 11.0 Å². The molecule has 0 spiro atoms. The van der Waals surface area contributed by atoms with Crippen LogP contribution >= 0.6 is 35.0 Å². The van der Waals surface area contributed by atoms with E-state index in [1.165, 1.54) is 23.8 Å². The van der Waals surface area contributed by atoms with Crippen LogP contribution in [0.2, 0.25) is 10.0 Å². The van der Waals surface area contributed by atoms with Gasteiger partial charge in [-0.25, -0.2) is 0 Å². The Morgan fingerprint density at radius 3 is 2.85 bits per heavy atom. The highest BCUT2D eigenvalue weighted by molar-refractivity contribution is 8.00. The largest absolute Gasteiger partial charge is 0.389 e. The lowest BCUT2D eigenvalue weighted by atomic mass is 10.3. The molecule has 112 valence electrons. The van der Waals surface area contributed by atoms with Crippen LogP contribution in [0.25, 0.3) is 0 Å². The normalized spacial score (nSPS) is 12.2. The summed E-state index contributed by atoms with van der Waals surface area (Å²) in [6, 6.07) is 5.12. The third-order valence-corrected chi connectivity index (χ3v) is 4.23. The molecule has 1 amide bonds. The van der Waals surface area contributed by atoms with Crippen molar-refractivity contribution in [3.05, 3.63) is 28.2 Å². The molecule has 0 aliphatic heterocycles. The third kappa shape index (κ3) is 5.89. The van der Waals surface area contributed by atoms with Gasteiger partial charge in [-0.2, -0.15) is 0 Å². The molecule has 1 atom stereocenters.